The second-order valence-corrected chi connectivity index (χ2v) is 5.31. The number of nitrogens with zero attached hydrogens (tertiary/aromatic N) is 1. The molecule has 2 amide bonds. The van der Waals surface area contributed by atoms with Gasteiger partial charge in [0.15, 0.2) is 0 Å². The Labute approximate surface area is 142 Å². The average molecular weight is 341 g/mol. The third-order valence-electron chi connectivity index (χ3n) is 3.21. The minimum Gasteiger partial charge on any atom is -0.508 e. The van der Waals surface area contributed by atoms with Gasteiger partial charge in [-0.3, -0.25) is 0 Å². The lowest BCUT2D eigenvalue weighted by atomic mass is 10.3. The Hall–Kier alpha value is -2.03. The first-order valence-corrected chi connectivity index (χ1v) is 7.81. The number of likely N-dealkylation sites (N-methyl/N-ethyl adjacent to an activating group) is 1. The van der Waals surface area contributed by atoms with Gasteiger partial charge in [-0.1, -0.05) is 0 Å². The molecule has 0 aliphatic carbocycles. The normalized spacial score (nSPS) is 11.8. The summed E-state index contributed by atoms with van der Waals surface area (Å²) in [5.74, 6) is 0.748. The van der Waals surface area contributed by atoms with Crippen molar-refractivity contribution in [1.82, 2.24) is 15.5 Å². The van der Waals surface area contributed by atoms with Gasteiger partial charge in [0.25, 0.3) is 0 Å². The van der Waals surface area contributed by atoms with Crippen LogP contribution in [0.5, 0.6) is 11.5 Å². The van der Waals surface area contributed by atoms with E-state index < -0.39 is 6.10 Å². The maximum absolute atomic E-state index is 11.7. The SMILES string of the molecule is COCCN(C)C(=O)NCCNCC(O)COc1ccc(O)cc1. The van der Waals surface area contributed by atoms with Gasteiger partial charge in [0, 0.05) is 40.3 Å². The molecule has 0 aromatic heterocycles. The molecule has 0 fully saturated rings. The number of carbonyl (C=O) groups excluding carboxylic acids is 1. The van der Waals surface area contributed by atoms with Gasteiger partial charge < -0.3 is 35.2 Å². The minimum atomic E-state index is -0.668. The smallest absolute Gasteiger partial charge is 0.317 e. The van der Waals surface area contributed by atoms with Crippen molar-refractivity contribution in [2.24, 2.45) is 0 Å². The number of amides is 2. The van der Waals surface area contributed by atoms with Crippen molar-refractivity contribution < 1.29 is 24.5 Å². The Morgan fingerprint density at radius 1 is 1.29 bits per heavy atom. The Morgan fingerprint density at radius 2 is 2.00 bits per heavy atom. The van der Waals surface area contributed by atoms with E-state index in [1.165, 1.54) is 12.1 Å². The number of hydrogen-bond donors (Lipinski definition) is 4. The fourth-order valence-corrected chi connectivity index (χ4v) is 1.78. The van der Waals surface area contributed by atoms with E-state index in [4.69, 9.17) is 14.6 Å². The number of nitrogens with one attached hydrogen (secondary N) is 2. The number of ether oxygens (including phenoxy) is 2. The van der Waals surface area contributed by atoms with Crippen LogP contribution < -0.4 is 15.4 Å². The van der Waals surface area contributed by atoms with E-state index in [2.05, 4.69) is 10.6 Å². The van der Waals surface area contributed by atoms with E-state index in [1.54, 1.807) is 31.2 Å². The number of urea groups is 1. The molecule has 1 atom stereocenters. The van der Waals surface area contributed by atoms with E-state index in [0.717, 1.165) is 0 Å². The zero-order valence-electron chi connectivity index (χ0n) is 14.2. The fourth-order valence-electron chi connectivity index (χ4n) is 1.78. The number of aliphatic hydroxyl groups is 1. The highest BCUT2D eigenvalue weighted by molar-refractivity contribution is 5.73. The van der Waals surface area contributed by atoms with Crippen molar-refractivity contribution in [3.8, 4) is 11.5 Å². The molecule has 1 aromatic carbocycles. The van der Waals surface area contributed by atoms with Crippen molar-refractivity contribution >= 4 is 6.03 Å². The summed E-state index contributed by atoms with van der Waals surface area (Å²) in [5, 5.41) is 24.8. The number of carbonyl (C=O) groups is 1. The maximum atomic E-state index is 11.7. The van der Waals surface area contributed by atoms with Crippen molar-refractivity contribution in [3.05, 3.63) is 24.3 Å². The number of benzene rings is 1. The van der Waals surface area contributed by atoms with Crippen LogP contribution in [0.25, 0.3) is 0 Å². The van der Waals surface area contributed by atoms with Crippen LogP contribution in [0.1, 0.15) is 0 Å². The lowest BCUT2D eigenvalue weighted by Gasteiger charge is -2.18. The highest BCUT2D eigenvalue weighted by Gasteiger charge is 2.07. The van der Waals surface area contributed by atoms with Gasteiger partial charge in [0.2, 0.25) is 0 Å². The molecule has 0 heterocycles. The van der Waals surface area contributed by atoms with Crippen LogP contribution in [0, 0.1) is 0 Å². The summed E-state index contributed by atoms with van der Waals surface area (Å²) in [6.45, 7) is 2.53. The van der Waals surface area contributed by atoms with Crippen LogP contribution >= 0.6 is 0 Å². The van der Waals surface area contributed by atoms with Crippen molar-refractivity contribution in [1.29, 1.82) is 0 Å². The minimum absolute atomic E-state index is 0.143. The largest absolute Gasteiger partial charge is 0.508 e. The molecule has 8 nitrogen and oxygen atoms in total. The molecule has 24 heavy (non-hydrogen) atoms. The molecule has 136 valence electrons. The zero-order chi connectivity index (χ0) is 17.8. The summed E-state index contributed by atoms with van der Waals surface area (Å²) < 4.78 is 10.3. The number of aromatic hydroxyl groups is 1. The zero-order valence-corrected chi connectivity index (χ0v) is 14.2. The summed E-state index contributed by atoms with van der Waals surface area (Å²) in [7, 11) is 3.29. The standard InChI is InChI=1S/C16H27N3O5/c1-19(9-10-23-2)16(22)18-8-7-17-11-14(21)12-24-15-5-3-13(20)4-6-15/h3-6,14,17,20-21H,7-12H2,1-2H3,(H,18,22). The molecule has 0 spiro atoms. The van der Waals surface area contributed by atoms with Crippen LogP contribution in [0.3, 0.4) is 0 Å². The Balaban J connectivity index is 2.05. The third-order valence-corrected chi connectivity index (χ3v) is 3.21. The van der Waals surface area contributed by atoms with Gasteiger partial charge in [-0.2, -0.15) is 0 Å². The van der Waals surface area contributed by atoms with Crippen LogP contribution in [0.15, 0.2) is 24.3 Å². The predicted molar refractivity (Wildman–Crippen MR) is 90.4 cm³/mol. The van der Waals surface area contributed by atoms with Gasteiger partial charge >= 0.3 is 6.03 Å². The molecular weight excluding hydrogens is 314 g/mol. The summed E-state index contributed by atoms with van der Waals surface area (Å²) in [6, 6.07) is 6.14. The van der Waals surface area contributed by atoms with Crippen LogP contribution in [-0.2, 0) is 4.74 Å². The molecule has 4 N–H and O–H groups in total. The summed E-state index contributed by atoms with van der Waals surface area (Å²) >= 11 is 0. The average Bonchev–Trinajstić information content (AvgIpc) is 2.58. The first-order chi connectivity index (χ1) is 11.5. The highest BCUT2D eigenvalue weighted by atomic mass is 16.5. The Morgan fingerprint density at radius 3 is 2.67 bits per heavy atom. The topological polar surface area (TPSA) is 103 Å². The van der Waals surface area contributed by atoms with E-state index in [-0.39, 0.29) is 18.4 Å². The molecule has 0 bridgehead atoms. The number of aliphatic hydroxyl groups excluding tert-OH is 1. The van der Waals surface area contributed by atoms with Crippen LogP contribution in [-0.4, -0.2) is 80.8 Å². The molecule has 0 saturated heterocycles. The quantitative estimate of drug-likeness (QED) is 0.423. The second-order valence-electron chi connectivity index (χ2n) is 5.31. The third kappa shape index (κ3) is 8.56. The van der Waals surface area contributed by atoms with E-state index in [9.17, 15) is 9.90 Å². The lowest BCUT2D eigenvalue weighted by molar-refractivity contribution is 0.106. The Bertz CT molecular complexity index is 469. The number of phenols is 1. The molecule has 0 saturated carbocycles. The Kier molecular flexibility index (Phi) is 9.59. The van der Waals surface area contributed by atoms with Gasteiger partial charge in [-0.15, -0.1) is 0 Å². The predicted octanol–water partition coefficient (Wildman–Crippen LogP) is 0.00930. The number of phenolic OH excluding ortho intramolecular Hbond substituents is 1. The van der Waals surface area contributed by atoms with E-state index in [1.807, 2.05) is 0 Å². The molecule has 0 radical (unpaired) electrons. The number of rotatable bonds is 11. The van der Waals surface area contributed by atoms with E-state index >= 15 is 0 Å². The molecule has 0 aliphatic rings. The molecule has 8 heteroatoms. The van der Waals surface area contributed by atoms with Gasteiger partial charge in [0.05, 0.1) is 6.61 Å². The lowest BCUT2D eigenvalue weighted by Crippen LogP contribution is -2.42. The van der Waals surface area contributed by atoms with Crippen molar-refractivity contribution in [2.75, 3.05) is 53.6 Å². The first kappa shape index (κ1) is 20.0. The summed E-state index contributed by atoms with van der Waals surface area (Å²) in [6.07, 6.45) is -0.668. The molecular formula is C16H27N3O5. The summed E-state index contributed by atoms with van der Waals surface area (Å²) in [4.78, 5) is 13.2. The van der Waals surface area contributed by atoms with Crippen molar-refractivity contribution in [2.45, 2.75) is 6.10 Å². The molecule has 1 rings (SSSR count). The van der Waals surface area contributed by atoms with Crippen LogP contribution in [0.2, 0.25) is 0 Å². The first-order valence-electron chi connectivity index (χ1n) is 7.81. The van der Waals surface area contributed by atoms with Gasteiger partial charge in [0.1, 0.15) is 24.2 Å². The number of methoxy groups -OCH3 is 1. The van der Waals surface area contributed by atoms with Gasteiger partial charge in [-0.05, 0) is 24.3 Å². The molecule has 1 aromatic rings. The fraction of sp³-hybridized carbons (Fsp3) is 0.562. The van der Waals surface area contributed by atoms with Gasteiger partial charge in [-0.25, -0.2) is 4.79 Å². The molecule has 1 unspecified atom stereocenters. The second kappa shape index (κ2) is 11.5. The monoisotopic (exact) mass is 341 g/mol. The number of hydrogen-bond acceptors (Lipinski definition) is 6. The van der Waals surface area contributed by atoms with Crippen LogP contribution in [0.4, 0.5) is 4.79 Å². The highest BCUT2D eigenvalue weighted by Crippen LogP contribution is 2.15. The maximum Gasteiger partial charge on any atom is 0.317 e. The summed E-state index contributed by atoms with van der Waals surface area (Å²) in [5.41, 5.74) is 0. The van der Waals surface area contributed by atoms with Crippen molar-refractivity contribution in [3.63, 3.8) is 0 Å². The molecule has 0 aliphatic heterocycles. The van der Waals surface area contributed by atoms with E-state index in [0.29, 0.717) is 38.5 Å².